The first-order valence-electron chi connectivity index (χ1n) is 5.28. The van der Waals surface area contributed by atoms with Crippen LogP contribution in [0.3, 0.4) is 0 Å². The molecule has 2 aromatic heterocycles. The van der Waals surface area contributed by atoms with Crippen LogP contribution in [-0.4, -0.2) is 16.3 Å². The summed E-state index contributed by atoms with van der Waals surface area (Å²) in [4.78, 5) is 1.32. The molecular weight excluding hydrogens is 366 g/mol. The highest BCUT2D eigenvalue weighted by molar-refractivity contribution is 9.13. The first-order chi connectivity index (χ1) is 8.15. The molecule has 0 bridgehead atoms. The minimum Gasteiger partial charge on any atom is -0.311 e. The Bertz CT molecular complexity index is 473. The van der Waals surface area contributed by atoms with Crippen LogP contribution in [0.2, 0.25) is 0 Å². The maximum atomic E-state index is 4.34. The van der Waals surface area contributed by atoms with Gasteiger partial charge in [0.25, 0.3) is 0 Å². The fourth-order valence-corrected chi connectivity index (χ4v) is 3.65. The molecule has 0 aromatic carbocycles. The van der Waals surface area contributed by atoms with Gasteiger partial charge < -0.3 is 5.32 Å². The van der Waals surface area contributed by atoms with E-state index in [1.165, 1.54) is 4.88 Å². The Labute approximate surface area is 121 Å². The molecule has 2 rings (SSSR count). The molecule has 0 fully saturated rings. The van der Waals surface area contributed by atoms with Crippen LogP contribution in [0.15, 0.2) is 26.6 Å². The van der Waals surface area contributed by atoms with Crippen molar-refractivity contribution in [3.63, 3.8) is 0 Å². The third-order valence-corrected chi connectivity index (χ3v) is 5.58. The van der Waals surface area contributed by atoms with E-state index < -0.39 is 0 Å². The van der Waals surface area contributed by atoms with Crippen molar-refractivity contribution in [3.8, 4) is 0 Å². The molecule has 2 heterocycles. The summed E-state index contributed by atoms with van der Waals surface area (Å²) >= 11 is 8.74. The van der Waals surface area contributed by atoms with Gasteiger partial charge in [0.1, 0.15) is 0 Å². The van der Waals surface area contributed by atoms with Crippen molar-refractivity contribution in [2.24, 2.45) is 7.05 Å². The predicted octanol–water partition coefficient (Wildman–Crippen LogP) is 3.34. The van der Waals surface area contributed by atoms with Crippen molar-refractivity contribution in [2.75, 3.05) is 6.54 Å². The Hall–Kier alpha value is -0.170. The largest absolute Gasteiger partial charge is 0.311 e. The van der Waals surface area contributed by atoms with Crippen LogP contribution in [0.5, 0.6) is 0 Å². The molecule has 0 saturated carbocycles. The standard InChI is InChI=1S/C11H13Br2N3S/c1-16-5-3-8(15-16)2-4-14-7-9-6-10(12)11(13)17-9/h3,5-6,14H,2,4,7H2,1H3. The number of rotatable bonds is 5. The Morgan fingerprint density at radius 3 is 2.88 bits per heavy atom. The number of halogens is 2. The minimum atomic E-state index is 0.904. The highest BCUT2D eigenvalue weighted by Gasteiger charge is 2.03. The molecule has 0 aliphatic rings. The van der Waals surface area contributed by atoms with Crippen molar-refractivity contribution in [2.45, 2.75) is 13.0 Å². The summed E-state index contributed by atoms with van der Waals surface area (Å²) in [6.45, 7) is 1.85. The summed E-state index contributed by atoms with van der Waals surface area (Å²) < 4.78 is 4.12. The van der Waals surface area contributed by atoms with Crippen molar-refractivity contribution in [3.05, 3.63) is 37.2 Å². The second kappa shape index (κ2) is 6.13. The molecular formula is C11H13Br2N3S. The maximum Gasteiger partial charge on any atom is 0.0843 e. The molecule has 0 saturated heterocycles. The molecule has 0 aliphatic heterocycles. The Morgan fingerprint density at radius 2 is 2.29 bits per heavy atom. The fraction of sp³-hybridized carbons (Fsp3) is 0.364. The van der Waals surface area contributed by atoms with Crippen molar-refractivity contribution in [1.29, 1.82) is 0 Å². The average molecular weight is 379 g/mol. The summed E-state index contributed by atoms with van der Waals surface area (Å²) in [5.41, 5.74) is 1.13. The van der Waals surface area contributed by atoms with E-state index in [9.17, 15) is 0 Å². The third-order valence-electron chi connectivity index (χ3n) is 2.32. The van der Waals surface area contributed by atoms with Crippen LogP contribution in [-0.2, 0) is 20.0 Å². The molecule has 2 aromatic rings. The van der Waals surface area contributed by atoms with Crippen LogP contribution >= 0.6 is 43.2 Å². The molecule has 1 N–H and O–H groups in total. The lowest BCUT2D eigenvalue weighted by Crippen LogP contribution is -2.16. The van der Waals surface area contributed by atoms with Gasteiger partial charge in [0.2, 0.25) is 0 Å². The summed E-state index contributed by atoms with van der Waals surface area (Å²) in [5.74, 6) is 0. The summed E-state index contributed by atoms with van der Waals surface area (Å²) in [6.07, 6.45) is 2.94. The van der Waals surface area contributed by atoms with E-state index in [1.807, 2.05) is 17.9 Å². The average Bonchev–Trinajstić information content (AvgIpc) is 2.82. The number of nitrogens with one attached hydrogen (secondary N) is 1. The number of hydrogen-bond donors (Lipinski definition) is 1. The zero-order valence-electron chi connectivity index (χ0n) is 9.41. The van der Waals surface area contributed by atoms with Crippen LogP contribution in [0.25, 0.3) is 0 Å². The van der Waals surface area contributed by atoms with E-state index in [4.69, 9.17) is 0 Å². The summed E-state index contributed by atoms with van der Waals surface area (Å²) in [5, 5.41) is 7.76. The van der Waals surface area contributed by atoms with E-state index in [1.54, 1.807) is 11.3 Å². The molecule has 0 unspecified atom stereocenters. The molecule has 17 heavy (non-hydrogen) atoms. The lowest BCUT2D eigenvalue weighted by molar-refractivity contribution is 0.670. The van der Waals surface area contributed by atoms with Crippen LogP contribution in [0.4, 0.5) is 0 Å². The quantitative estimate of drug-likeness (QED) is 0.808. The molecule has 0 atom stereocenters. The van der Waals surface area contributed by atoms with E-state index in [0.717, 1.165) is 33.5 Å². The highest BCUT2D eigenvalue weighted by Crippen LogP contribution is 2.32. The van der Waals surface area contributed by atoms with Crippen LogP contribution < -0.4 is 5.32 Å². The monoisotopic (exact) mass is 377 g/mol. The van der Waals surface area contributed by atoms with Crippen molar-refractivity contribution in [1.82, 2.24) is 15.1 Å². The highest BCUT2D eigenvalue weighted by atomic mass is 79.9. The molecule has 0 aliphatic carbocycles. The first-order valence-corrected chi connectivity index (χ1v) is 7.68. The van der Waals surface area contributed by atoms with Crippen molar-refractivity contribution >= 4 is 43.2 Å². The summed E-state index contributed by atoms with van der Waals surface area (Å²) in [6, 6.07) is 4.20. The lowest BCUT2D eigenvalue weighted by Gasteiger charge is -2.00. The van der Waals surface area contributed by atoms with E-state index in [0.29, 0.717) is 0 Å². The van der Waals surface area contributed by atoms with Crippen LogP contribution in [0.1, 0.15) is 10.6 Å². The topological polar surface area (TPSA) is 29.9 Å². The lowest BCUT2D eigenvalue weighted by atomic mass is 10.3. The molecule has 3 nitrogen and oxygen atoms in total. The molecule has 0 amide bonds. The zero-order valence-corrected chi connectivity index (χ0v) is 13.4. The first kappa shape index (κ1) is 13.3. The zero-order chi connectivity index (χ0) is 12.3. The maximum absolute atomic E-state index is 4.34. The van der Waals surface area contributed by atoms with Gasteiger partial charge in [-0.3, -0.25) is 4.68 Å². The van der Waals surface area contributed by atoms with Gasteiger partial charge in [0, 0.05) is 42.1 Å². The molecule has 0 radical (unpaired) electrons. The van der Waals surface area contributed by atoms with Gasteiger partial charge >= 0.3 is 0 Å². The molecule has 6 heteroatoms. The Morgan fingerprint density at radius 1 is 1.47 bits per heavy atom. The van der Waals surface area contributed by atoms with Crippen molar-refractivity contribution < 1.29 is 0 Å². The van der Waals surface area contributed by atoms with Gasteiger partial charge in [0.05, 0.1) is 9.48 Å². The minimum absolute atomic E-state index is 0.904. The molecule has 92 valence electrons. The number of hydrogen-bond acceptors (Lipinski definition) is 3. The van der Waals surface area contributed by atoms with Gasteiger partial charge in [0.15, 0.2) is 0 Å². The van der Waals surface area contributed by atoms with Gasteiger partial charge in [-0.2, -0.15) is 5.10 Å². The second-order valence-electron chi connectivity index (χ2n) is 3.74. The number of aromatic nitrogens is 2. The van der Waals surface area contributed by atoms with Gasteiger partial charge in [-0.15, -0.1) is 11.3 Å². The SMILES string of the molecule is Cn1ccc(CCNCc2cc(Br)c(Br)s2)n1. The fourth-order valence-electron chi connectivity index (χ4n) is 1.50. The predicted molar refractivity (Wildman–Crippen MR) is 78.3 cm³/mol. The summed E-state index contributed by atoms with van der Waals surface area (Å²) in [7, 11) is 1.94. The third kappa shape index (κ3) is 3.91. The normalized spacial score (nSPS) is 11.0. The van der Waals surface area contributed by atoms with Gasteiger partial charge in [-0.25, -0.2) is 0 Å². The van der Waals surface area contributed by atoms with E-state index >= 15 is 0 Å². The Kier molecular flexibility index (Phi) is 4.78. The van der Waals surface area contributed by atoms with E-state index in [-0.39, 0.29) is 0 Å². The number of thiophene rings is 1. The number of aryl methyl sites for hydroxylation is 1. The smallest absolute Gasteiger partial charge is 0.0843 e. The van der Waals surface area contributed by atoms with Gasteiger partial charge in [-0.05, 0) is 44.0 Å². The Balaban J connectivity index is 1.73. The van der Waals surface area contributed by atoms with Crippen LogP contribution in [0, 0.1) is 0 Å². The van der Waals surface area contributed by atoms with Gasteiger partial charge in [-0.1, -0.05) is 0 Å². The van der Waals surface area contributed by atoms with E-state index in [2.05, 4.69) is 54.4 Å². The second-order valence-corrected chi connectivity index (χ2v) is 7.05. The number of nitrogens with zero attached hydrogens (tertiary/aromatic N) is 2. The molecule has 0 spiro atoms.